The van der Waals surface area contributed by atoms with E-state index in [9.17, 15) is 15.2 Å². The molecular weight excluding hydrogens is 422 g/mol. The number of carbonyl (C=O) groups is 1. The Morgan fingerprint density at radius 3 is 2.67 bits per heavy atom. The first-order chi connectivity index (χ1) is 15.7. The lowest BCUT2D eigenvalue weighted by atomic mass is 9.95. The van der Waals surface area contributed by atoms with Gasteiger partial charge in [-0.3, -0.25) is 4.79 Å². The highest BCUT2D eigenvalue weighted by molar-refractivity contribution is 5.67. The molecule has 1 heterocycles. The number of nitrogens with zero attached hydrogens (tertiary/aromatic N) is 2. The highest BCUT2D eigenvalue weighted by atomic mass is 16.5. The maximum absolute atomic E-state index is 10.7. The Bertz CT molecular complexity index is 955. The molecule has 2 rings (SSSR count). The number of methoxy groups -OCH3 is 1. The standard InChI is InChI=1S/C25H33N3O5/c1-25(2,14-6-8-18-7-4-5-9-22(18)32-3)27-16-20(29)17-33-23-12-10-19(11-13-24(30)31)28-21(23)15-26/h4-5,7,9-10,12,20,27,29H,6,8,11,13-14,16-17H2,1-3H3,(H,30,31)/t20-/m1/s1. The Morgan fingerprint density at radius 2 is 1.97 bits per heavy atom. The molecule has 0 fully saturated rings. The van der Waals surface area contributed by atoms with Crippen LogP contribution in [0.3, 0.4) is 0 Å². The summed E-state index contributed by atoms with van der Waals surface area (Å²) in [6, 6.07) is 13.2. The van der Waals surface area contributed by atoms with Crippen molar-refractivity contribution in [2.75, 3.05) is 20.3 Å². The average molecular weight is 456 g/mol. The Morgan fingerprint density at radius 1 is 1.21 bits per heavy atom. The molecule has 1 aromatic heterocycles. The second-order valence-electron chi connectivity index (χ2n) is 8.55. The van der Waals surface area contributed by atoms with Crippen LogP contribution in [-0.4, -0.2) is 53.1 Å². The molecule has 8 heteroatoms. The normalized spacial score (nSPS) is 12.1. The van der Waals surface area contributed by atoms with E-state index in [0.717, 1.165) is 25.0 Å². The highest BCUT2D eigenvalue weighted by Gasteiger charge is 2.19. The summed E-state index contributed by atoms with van der Waals surface area (Å²) in [5, 5.41) is 31.8. The molecule has 3 N–H and O–H groups in total. The van der Waals surface area contributed by atoms with Crippen molar-refractivity contribution in [1.82, 2.24) is 10.3 Å². The van der Waals surface area contributed by atoms with Crippen molar-refractivity contribution in [1.29, 1.82) is 5.26 Å². The van der Waals surface area contributed by atoms with Gasteiger partial charge in [-0.1, -0.05) is 18.2 Å². The topological polar surface area (TPSA) is 125 Å². The minimum absolute atomic E-state index is 0.00905. The van der Waals surface area contributed by atoms with E-state index in [1.165, 1.54) is 5.56 Å². The fourth-order valence-electron chi connectivity index (χ4n) is 3.42. The lowest BCUT2D eigenvalue weighted by Crippen LogP contribution is -2.44. The zero-order valence-corrected chi connectivity index (χ0v) is 19.5. The number of rotatable bonds is 14. The van der Waals surface area contributed by atoms with Crippen LogP contribution in [0.1, 0.15) is 50.1 Å². The van der Waals surface area contributed by atoms with Crippen molar-refractivity contribution in [2.45, 2.75) is 57.6 Å². The second kappa shape index (κ2) is 12.8. The van der Waals surface area contributed by atoms with Crippen molar-refractivity contribution < 1.29 is 24.5 Å². The van der Waals surface area contributed by atoms with E-state index in [4.69, 9.17) is 14.6 Å². The van der Waals surface area contributed by atoms with Crippen LogP contribution in [0.2, 0.25) is 0 Å². The molecule has 0 aliphatic heterocycles. The Kier molecular flexibility index (Phi) is 10.1. The summed E-state index contributed by atoms with van der Waals surface area (Å²) in [7, 11) is 1.68. The van der Waals surface area contributed by atoms with Gasteiger partial charge >= 0.3 is 5.97 Å². The predicted octanol–water partition coefficient (Wildman–Crippen LogP) is 3.11. The fourth-order valence-corrected chi connectivity index (χ4v) is 3.42. The van der Waals surface area contributed by atoms with Gasteiger partial charge in [0.1, 0.15) is 24.5 Å². The van der Waals surface area contributed by atoms with E-state index >= 15 is 0 Å². The van der Waals surface area contributed by atoms with E-state index in [1.54, 1.807) is 19.2 Å². The van der Waals surface area contributed by atoms with Crippen LogP contribution in [-0.2, 0) is 17.6 Å². The third-order valence-corrected chi connectivity index (χ3v) is 5.30. The monoisotopic (exact) mass is 455 g/mol. The molecule has 8 nitrogen and oxygen atoms in total. The van der Waals surface area contributed by atoms with Crippen LogP contribution in [0.5, 0.6) is 11.5 Å². The second-order valence-corrected chi connectivity index (χ2v) is 8.55. The largest absolute Gasteiger partial charge is 0.496 e. The zero-order chi connectivity index (χ0) is 24.3. The molecule has 33 heavy (non-hydrogen) atoms. The molecular formula is C25H33N3O5. The molecule has 1 aromatic carbocycles. The number of aliphatic carboxylic acids is 1. The number of hydrogen-bond donors (Lipinski definition) is 3. The Hall–Kier alpha value is -3.15. The third-order valence-electron chi connectivity index (χ3n) is 5.30. The number of nitrogens with one attached hydrogen (secondary N) is 1. The van der Waals surface area contributed by atoms with Gasteiger partial charge in [0, 0.05) is 24.2 Å². The number of aliphatic hydroxyl groups is 1. The lowest BCUT2D eigenvalue weighted by molar-refractivity contribution is -0.136. The van der Waals surface area contributed by atoms with E-state index in [1.807, 2.05) is 24.3 Å². The number of para-hydroxylation sites is 1. The molecule has 0 saturated carbocycles. The molecule has 0 aliphatic rings. The van der Waals surface area contributed by atoms with E-state index in [-0.39, 0.29) is 36.4 Å². The number of pyridine rings is 1. The molecule has 0 amide bonds. The summed E-state index contributed by atoms with van der Waals surface area (Å²) in [4.78, 5) is 14.8. The third kappa shape index (κ3) is 9.08. The van der Waals surface area contributed by atoms with Gasteiger partial charge in [0.25, 0.3) is 0 Å². The molecule has 0 unspecified atom stereocenters. The van der Waals surface area contributed by atoms with E-state index in [0.29, 0.717) is 12.2 Å². The summed E-state index contributed by atoms with van der Waals surface area (Å²) >= 11 is 0. The van der Waals surface area contributed by atoms with Gasteiger partial charge in [-0.25, -0.2) is 4.98 Å². The molecule has 0 bridgehead atoms. The minimum atomic E-state index is -0.922. The average Bonchev–Trinajstić information content (AvgIpc) is 2.80. The number of aliphatic hydroxyl groups excluding tert-OH is 1. The smallest absolute Gasteiger partial charge is 0.303 e. The molecule has 0 spiro atoms. The number of carboxylic acids is 1. The quantitative estimate of drug-likeness (QED) is 0.397. The lowest BCUT2D eigenvalue weighted by Gasteiger charge is -2.28. The van der Waals surface area contributed by atoms with E-state index < -0.39 is 12.1 Å². The Balaban J connectivity index is 1.78. The number of aromatic nitrogens is 1. The van der Waals surface area contributed by atoms with E-state index in [2.05, 4.69) is 30.2 Å². The highest BCUT2D eigenvalue weighted by Crippen LogP contribution is 2.22. The van der Waals surface area contributed by atoms with Crippen molar-refractivity contribution >= 4 is 5.97 Å². The van der Waals surface area contributed by atoms with Crippen LogP contribution in [0, 0.1) is 11.3 Å². The van der Waals surface area contributed by atoms with Gasteiger partial charge in [-0.2, -0.15) is 5.26 Å². The van der Waals surface area contributed by atoms with Crippen LogP contribution in [0.15, 0.2) is 36.4 Å². The number of carboxylic acid groups (broad SMARTS) is 1. The summed E-state index contributed by atoms with van der Waals surface area (Å²) in [6.07, 6.45) is 2.21. The van der Waals surface area contributed by atoms with Gasteiger partial charge < -0.3 is 25.0 Å². The summed E-state index contributed by atoms with van der Waals surface area (Å²) < 4.78 is 11.0. The van der Waals surface area contributed by atoms with Crippen LogP contribution < -0.4 is 14.8 Å². The number of ether oxygens (including phenoxy) is 2. The minimum Gasteiger partial charge on any atom is -0.496 e. The van der Waals surface area contributed by atoms with Crippen LogP contribution >= 0.6 is 0 Å². The molecule has 0 radical (unpaired) electrons. The number of benzene rings is 1. The van der Waals surface area contributed by atoms with Gasteiger partial charge in [0.15, 0.2) is 11.4 Å². The number of hydrogen-bond acceptors (Lipinski definition) is 7. The summed E-state index contributed by atoms with van der Waals surface area (Å²) in [5.41, 5.74) is 1.60. The number of β-amino-alcohol motifs (C(OH)–C–C–N with tert-alkyl or cyclic N) is 1. The number of aryl methyl sites for hydroxylation is 2. The fraction of sp³-hybridized carbons (Fsp3) is 0.480. The molecule has 0 aliphatic carbocycles. The van der Waals surface area contributed by atoms with Crippen molar-refractivity contribution in [3.05, 3.63) is 53.3 Å². The first-order valence-corrected chi connectivity index (χ1v) is 11.0. The SMILES string of the molecule is COc1ccccc1CCCC(C)(C)NC[C@@H](O)COc1ccc(CCC(=O)O)nc1C#N. The van der Waals surface area contributed by atoms with Crippen molar-refractivity contribution in [3.8, 4) is 17.6 Å². The molecule has 0 saturated heterocycles. The number of nitriles is 1. The first-order valence-electron chi connectivity index (χ1n) is 11.0. The van der Waals surface area contributed by atoms with Gasteiger partial charge in [-0.15, -0.1) is 0 Å². The van der Waals surface area contributed by atoms with Gasteiger partial charge in [-0.05, 0) is 56.9 Å². The van der Waals surface area contributed by atoms with Crippen LogP contribution in [0.25, 0.3) is 0 Å². The summed E-state index contributed by atoms with van der Waals surface area (Å²) in [6.45, 7) is 4.54. The van der Waals surface area contributed by atoms with Crippen molar-refractivity contribution in [3.63, 3.8) is 0 Å². The maximum atomic E-state index is 10.7. The molecule has 178 valence electrons. The zero-order valence-electron chi connectivity index (χ0n) is 19.5. The maximum Gasteiger partial charge on any atom is 0.303 e. The molecule has 2 aromatic rings. The first kappa shape index (κ1) is 26.1. The van der Waals surface area contributed by atoms with Gasteiger partial charge in [0.05, 0.1) is 13.5 Å². The predicted molar refractivity (Wildman–Crippen MR) is 124 cm³/mol. The van der Waals surface area contributed by atoms with Crippen LogP contribution in [0.4, 0.5) is 0 Å². The molecule has 1 atom stereocenters. The van der Waals surface area contributed by atoms with Crippen molar-refractivity contribution in [2.24, 2.45) is 0 Å². The van der Waals surface area contributed by atoms with Gasteiger partial charge in [0.2, 0.25) is 0 Å². The summed E-state index contributed by atoms with van der Waals surface area (Å²) in [5.74, 6) is 0.248. The Labute approximate surface area is 195 Å².